The summed E-state index contributed by atoms with van der Waals surface area (Å²) in [5.74, 6) is 0.0949. The minimum absolute atomic E-state index is 0.296. The second-order valence-electron chi connectivity index (χ2n) is 6.77. The fourth-order valence-electron chi connectivity index (χ4n) is 3.41. The minimum atomic E-state index is -0.296. The fraction of sp³-hybridized carbons (Fsp3) is 0.0952. The van der Waals surface area contributed by atoms with E-state index in [0.29, 0.717) is 29.4 Å². The lowest BCUT2D eigenvalue weighted by molar-refractivity contribution is 0.101. The summed E-state index contributed by atoms with van der Waals surface area (Å²) < 4.78 is 3.23. The van der Waals surface area contributed by atoms with E-state index in [1.807, 2.05) is 31.3 Å². The molecule has 0 radical (unpaired) electrons. The average Bonchev–Trinajstić information content (AvgIpc) is 3.37. The van der Waals surface area contributed by atoms with Gasteiger partial charge in [-0.2, -0.15) is 19.7 Å². The van der Waals surface area contributed by atoms with Crippen molar-refractivity contribution in [2.24, 2.45) is 0 Å². The summed E-state index contributed by atoms with van der Waals surface area (Å²) in [6, 6.07) is 16.2. The van der Waals surface area contributed by atoms with Crippen LogP contribution in [0.1, 0.15) is 21.7 Å². The molecule has 0 saturated carbocycles. The molecule has 8 nitrogen and oxygen atoms in total. The molecule has 5 aromatic rings. The van der Waals surface area contributed by atoms with Crippen molar-refractivity contribution in [3.8, 4) is 0 Å². The van der Waals surface area contributed by atoms with Crippen LogP contribution in [0.3, 0.4) is 0 Å². The fourth-order valence-corrected chi connectivity index (χ4v) is 3.41. The smallest absolute Gasteiger partial charge is 0.274 e. The van der Waals surface area contributed by atoms with E-state index < -0.39 is 0 Å². The van der Waals surface area contributed by atoms with Gasteiger partial charge in [-0.05, 0) is 29.3 Å². The molecule has 1 N–H and O–H groups in total. The van der Waals surface area contributed by atoms with E-state index in [1.165, 1.54) is 21.6 Å². The van der Waals surface area contributed by atoms with E-state index >= 15 is 0 Å². The highest BCUT2D eigenvalue weighted by molar-refractivity contribution is 6.03. The number of fused-ring (bicyclic) bond motifs is 2. The molecule has 0 fully saturated rings. The Morgan fingerprint density at radius 1 is 1.10 bits per heavy atom. The van der Waals surface area contributed by atoms with Crippen LogP contribution in [0.5, 0.6) is 0 Å². The van der Waals surface area contributed by atoms with Gasteiger partial charge < -0.3 is 5.32 Å². The number of nitrogens with zero attached hydrogens (tertiary/aromatic N) is 6. The molecule has 2 aromatic carbocycles. The second-order valence-corrected chi connectivity index (χ2v) is 6.77. The van der Waals surface area contributed by atoms with Crippen molar-refractivity contribution >= 4 is 28.1 Å². The summed E-state index contributed by atoms with van der Waals surface area (Å²) in [5, 5.41) is 13.7. The molecule has 29 heavy (non-hydrogen) atoms. The maximum atomic E-state index is 12.8. The number of aryl methyl sites for hydroxylation is 1. The zero-order chi connectivity index (χ0) is 19.8. The zero-order valence-corrected chi connectivity index (χ0v) is 15.6. The topological polar surface area (TPSA) is 90.0 Å². The van der Waals surface area contributed by atoms with Gasteiger partial charge in [0.2, 0.25) is 0 Å². The first-order valence-corrected chi connectivity index (χ1v) is 9.15. The molecule has 8 heteroatoms. The average molecular weight is 383 g/mol. The van der Waals surface area contributed by atoms with Crippen molar-refractivity contribution in [2.45, 2.75) is 13.5 Å². The molecule has 0 aliphatic carbocycles. The summed E-state index contributed by atoms with van der Waals surface area (Å²) in [7, 11) is 0. The SMILES string of the molecule is Cc1cc(C(=O)Nc2cnn(Cc3cccc4ccccc34)c2)n2ncnc2n1. The summed E-state index contributed by atoms with van der Waals surface area (Å²) in [6.07, 6.45) is 4.82. The number of anilines is 1. The van der Waals surface area contributed by atoms with Crippen LogP contribution in [0, 0.1) is 6.92 Å². The third-order valence-electron chi connectivity index (χ3n) is 4.72. The number of rotatable bonds is 4. The Morgan fingerprint density at radius 3 is 2.90 bits per heavy atom. The number of benzene rings is 2. The lowest BCUT2D eigenvalue weighted by Gasteiger charge is -2.07. The molecule has 3 aromatic heterocycles. The third kappa shape index (κ3) is 3.20. The Bertz CT molecular complexity index is 1350. The Kier molecular flexibility index (Phi) is 4.02. The monoisotopic (exact) mass is 383 g/mol. The zero-order valence-electron chi connectivity index (χ0n) is 15.6. The number of amides is 1. The molecular weight excluding hydrogens is 366 g/mol. The minimum Gasteiger partial charge on any atom is -0.318 e. The van der Waals surface area contributed by atoms with Crippen LogP contribution in [0.4, 0.5) is 5.69 Å². The van der Waals surface area contributed by atoms with Crippen molar-refractivity contribution in [2.75, 3.05) is 5.32 Å². The molecule has 0 saturated heterocycles. The maximum absolute atomic E-state index is 12.8. The first-order chi connectivity index (χ1) is 14.2. The highest BCUT2D eigenvalue weighted by Crippen LogP contribution is 2.20. The van der Waals surface area contributed by atoms with Crippen molar-refractivity contribution in [1.29, 1.82) is 0 Å². The van der Waals surface area contributed by atoms with Gasteiger partial charge in [-0.3, -0.25) is 9.48 Å². The molecular formula is C21H17N7O. The van der Waals surface area contributed by atoms with Crippen LogP contribution >= 0.6 is 0 Å². The lowest BCUT2D eigenvalue weighted by atomic mass is 10.0. The van der Waals surface area contributed by atoms with Gasteiger partial charge in [0.1, 0.15) is 12.0 Å². The van der Waals surface area contributed by atoms with Crippen LogP contribution in [-0.2, 0) is 6.54 Å². The second kappa shape index (κ2) is 6.83. The van der Waals surface area contributed by atoms with Crippen molar-refractivity contribution in [1.82, 2.24) is 29.4 Å². The van der Waals surface area contributed by atoms with Gasteiger partial charge in [0.05, 0.1) is 18.4 Å². The number of carbonyl (C=O) groups excluding carboxylic acids is 1. The molecule has 0 unspecified atom stereocenters. The van der Waals surface area contributed by atoms with Gasteiger partial charge in [-0.1, -0.05) is 42.5 Å². The van der Waals surface area contributed by atoms with Crippen LogP contribution in [0.2, 0.25) is 0 Å². The van der Waals surface area contributed by atoms with Crippen molar-refractivity contribution < 1.29 is 4.79 Å². The molecule has 3 heterocycles. The Labute approximate surface area is 165 Å². The predicted molar refractivity (Wildman–Crippen MR) is 109 cm³/mol. The highest BCUT2D eigenvalue weighted by atomic mass is 16.2. The number of hydrogen-bond acceptors (Lipinski definition) is 5. The lowest BCUT2D eigenvalue weighted by Crippen LogP contribution is -2.17. The van der Waals surface area contributed by atoms with E-state index in [1.54, 1.807) is 16.9 Å². The summed E-state index contributed by atoms with van der Waals surface area (Å²) in [4.78, 5) is 21.1. The molecule has 1 amide bonds. The summed E-state index contributed by atoms with van der Waals surface area (Å²) >= 11 is 0. The Morgan fingerprint density at radius 2 is 1.97 bits per heavy atom. The molecule has 142 valence electrons. The highest BCUT2D eigenvalue weighted by Gasteiger charge is 2.14. The number of carbonyl (C=O) groups is 1. The first kappa shape index (κ1) is 17.1. The first-order valence-electron chi connectivity index (χ1n) is 9.15. The van der Waals surface area contributed by atoms with Crippen molar-refractivity contribution in [3.05, 3.63) is 84.2 Å². The van der Waals surface area contributed by atoms with E-state index in [9.17, 15) is 4.79 Å². The van der Waals surface area contributed by atoms with Crippen LogP contribution < -0.4 is 5.32 Å². The van der Waals surface area contributed by atoms with Gasteiger partial charge in [-0.15, -0.1) is 0 Å². The predicted octanol–water partition coefficient (Wildman–Crippen LogP) is 3.08. The Balaban J connectivity index is 1.39. The van der Waals surface area contributed by atoms with Crippen LogP contribution in [0.25, 0.3) is 16.6 Å². The largest absolute Gasteiger partial charge is 0.318 e. The van der Waals surface area contributed by atoms with Gasteiger partial charge in [0.15, 0.2) is 0 Å². The normalized spacial score (nSPS) is 11.2. The third-order valence-corrected chi connectivity index (χ3v) is 4.72. The quantitative estimate of drug-likeness (QED) is 0.515. The van der Waals surface area contributed by atoms with E-state index in [0.717, 1.165) is 5.56 Å². The number of nitrogens with one attached hydrogen (secondary N) is 1. The van der Waals surface area contributed by atoms with E-state index in [4.69, 9.17) is 0 Å². The summed E-state index contributed by atoms with van der Waals surface area (Å²) in [6.45, 7) is 2.42. The van der Waals surface area contributed by atoms with Crippen molar-refractivity contribution in [3.63, 3.8) is 0 Å². The van der Waals surface area contributed by atoms with Crippen LogP contribution in [-0.4, -0.2) is 35.3 Å². The van der Waals surface area contributed by atoms with E-state index in [2.05, 4.69) is 49.7 Å². The molecule has 0 aliphatic rings. The van der Waals surface area contributed by atoms with Gasteiger partial charge >= 0.3 is 0 Å². The van der Waals surface area contributed by atoms with E-state index in [-0.39, 0.29) is 5.91 Å². The maximum Gasteiger partial charge on any atom is 0.274 e. The molecule has 0 aliphatic heterocycles. The Hall–Kier alpha value is -4.07. The number of aromatic nitrogens is 6. The molecule has 0 atom stereocenters. The standard InChI is InChI=1S/C21H17N7O/c1-14-9-19(28-21(25-14)22-13-24-28)20(29)26-17-10-23-27(12-17)11-16-7-4-6-15-5-2-3-8-18(15)16/h2-10,12-13H,11H2,1H3,(H,26,29). The van der Waals surface area contributed by atoms with Gasteiger partial charge in [-0.25, -0.2) is 4.98 Å². The van der Waals surface area contributed by atoms with Gasteiger partial charge in [0.25, 0.3) is 11.7 Å². The van der Waals surface area contributed by atoms with Gasteiger partial charge in [0, 0.05) is 11.9 Å². The summed E-state index contributed by atoms with van der Waals surface area (Å²) in [5.41, 5.74) is 2.84. The molecule has 0 bridgehead atoms. The molecule has 5 rings (SSSR count). The molecule has 0 spiro atoms. The number of hydrogen-bond donors (Lipinski definition) is 1. The van der Waals surface area contributed by atoms with Crippen LogP contribution in [0.15, 0.2) is 67.3 Å².